The van der Waals surface area contributed by atoms with E-state index in [2.05, 4.69) is 30.8 Å². The smallest absolute Gasteiger partial charge is 0.335 e. The van der Waals surface area contributed by atoms with Crippen LogP contribution in [0.15, 0.2) is 40.0 Å². The van der Waals surface area contributed by atoms with Gasteiger partial charge in [-0.25, -0.2) is 13.2 Å². The second kappa shape index (κ2) is 5.02. The van der Waals surface area contributed by atoms with E-state index >= 15 is 0 Å². The van der Waals surface area contributed by atoms with Gasteiger partial charge in [0.2, 0.25) is 0 Å². The maximum absolute atomic E-state index is 11.9. The van der Waals surface area contributed by atoms with Crippen LogP contribution in [0.3, 0.4) is 0 Å². The van der Waals surface area contributed by atoms with Crippen molar-refractivity contribution in [3.8, 4) is 0 Å². The first-order valence-corrected chi connectivity index (χ1v) is 7.21. The topological polar surface area (TPSA) is 112 Å². The van der Waals surface area contributed by atoms with Gasteiger partial charge in [-0.3, -0.25) is 9.82 Å². The Labute approximate surface area is 116 Å². The lowest BCUT2D eigenvalue weighted by Crippen LogP contribution is -2.12. The Balaban J connectivity index is 2.37. The van der Waals surface area contributed by atoms with Crippen molar-refractivity contribution >= 4 is 37.6 Å². The van der Waals surface area contributed by atoms with Crippen molar-refractivity contribution in [2.45, 2.75) is 4.90 Å². The number of H-pyrrole nitrogens is 1. The monoisotopic (exact) mass is 345 g/mol. The number of hydrogen-bond acceptors (Lipinski definition) is 4. The molecule has 0 aliphatic carbocycles. The summed E-state index contributed by atoms with van der Waals surface area (Å²) < 4.78 is 26.6. The van der Waals surface area contributed by atoms with Crippen LogP contribution in [0.2, 0.25) is 0 Å². The summed E-state index contributed by atoms with van der Waals surface area (Å²) >= 11 is 3.12. The summed E-state index contributed by atoms with van der Waals surface area (Å²) in [4.78, 5) is 10.8. The van der Waals surface area contributed by atoms with Gasteiger partial charge in [-0.1, -0.05) is 15.9 Å². The average Bonchev–Trinajstić information content (AvgIpc) is 2.81. The lowest BCUT2D eigenvalue weighted by Gasteiger charge is -2.07. The number of benzene rings is 1. The molecule has 0 saturated carbocycles. The van der Waals surface area contributed by atoms with Gasteiger partial charge in [0.1, 0.15) is 4.90 Å². The Morgan fingerprint density at radius 1 is 1.37 bits per heavy atom. The van der Waals surface area contributed by atoms with Crippen molar-refractivity contribution in [3.63, 3.8) is 0 Å². The van der Waals surface area contributed by atoms with Crippen molar-refractivity contribution < 1.29 is 18.3 Å². The number of carboxylic acid groups (broad SMARTS) is 1. The van der Waals surface area contributed by atoms with Crippen LogP contribution in [-0.2, 0) is 10.0 Å². The molecule has 0 aliphatic heterocycles. The third-order valence-electron chi connectivity index (χ3n) is 2.18. The van der Waals surface area contributed by atoms with Crippen LogP contribution in [0, 0.1) is 0 Å². The Kier molecular flexibility index (Phi) is 3.58. The van der Waals surface area contributed by atoms with Crippen LogP contribution in [0.4, 0.5) is 5.69 Å². The first-order chi connectivity index (χ1) is 8.88. The standard InChI is InChI=1S/C10H8BrN3O4S/c11-7-1-6(10(15)16)2-8(3-7)14-19(17,18)9-4-12-13-5-9/h1-5,14H,(H,12,13)(H,15,16). The molecule has 3 N–H and O–H groups in total. The lowest BCUT2D eigenvalue weighted by atomic mass is 10.2. The molecule has 2 aromatic rings. The second-order valence-corrected chi connectivity index (χ2v) is 6.17. The quantitative estimate of drug-likeness (QED) is 0.780. The van der Waals surface area contributed by atoms with E-state index in [0.29, 0.717) is 4.47 Å². The molecular formula is C10H8BrN3O4S. The zero-order valence-electron chi connectivity index (χ0n) is 9.29. The molecule has 0 unspecified atom stereocenters. The Hall–Kier alpha value is -1.87. The number of halogens is 1. The van der Waals surface area contributed by atoms with Crippen LogP contribution in [-0.4, -0.2) is 29.7 Å². The molecular weight excluding hydrogens is 338 g/mol. The SMILES string of the molecule is O=C(O)c1cc(Br)cc(NS(=O)(=O)c2cn[nH]c2)c1. The summed E-state index contributed by atoms with van der Waals surface area (Å²) in [5.74, 6) is -1.15. The number of anilines is 1. The molecule has 1 heterocycles. The summed E-state index contributed by atoms with van der Waals surface area (Å²) in [5.41, 5.74) is 0.118. The fourth-order valence-electron chi connectivity index (χ4n) is 1.37. The van der Waals surface area contributed by atoms with Gasteiger partial charge in [-0.15, -0.1) is 0 Å². The Bertz CT molecular complexity index is 712. The summed E-state index contributed by atoms with van der Waals surface area (Å²) in [6.07, 6.45) is 2.37. The van der Waals surface area contributed by atoms with Gasteiger partial charge >= 0.3 is 5.97 Å². The first kappa shape index (κ1) is 13.6. The predicted octanol–water partition coefficient (Wildman–Crippen LogP) is 1.67. The summed E-state index contributed by atoms with van der Waals surface area (Å²) in [7, 11) is -3.79. The number of carbonyl (C=O) groups is 1. The van der Waals surface area contributed by atoms with E-state index in [9.17, 15) is 13.2 Å². The first-order valence-electron chi connectivity index (χ1n) is 4.94. The van der Waals surface area contributed by atoms with E-state index in [-0.39, 0.29) is 16.1 Å². The Morgan fingerprint density at radius 3 is 2.68 bits per heavy atom. The maximum atomic E-state index is 11.9. The largest absolute Gasteiger partial charge is 0.478 e. The Morgan fingerprint density at radius 2 is 2.11 bits per heavy atom. The lowest BCUT2D eigenvalue weighted by molar-refractivity contribution is 0.0697. The molecule has 7 nitrogen and oxygen atoms in total. The number of aromatic carboxylic acids is 1. The molecule has 1 aromatic carbocycles. The molecule has 100 valence electrons. The molecule has 0 spiro atoms. The minimum atomic E-state index is -3.79. The highest BCUT2D eigenvalue weighted by Gasteiger charge is 2.16. The van der Waals surface area contributed by atoms with E-state index in [4.69, 9.17) is 5.11 Å². The summed E-state index contributed by atoms with van der Waals surface area (Å²) in [5, 5.41) is 14.8. The number of nitrogens with zero attached hydrogens (tertiary/aromatic N) is 1. The van der Waals surface area contributed by atoms with Gasteiger partial charge in [-0.05, 0) is 18.2 Å². The van der Waals surface area contributed by atoms with Crippen molar-refractivity contribution in [1.82, 2.24) is 10.2 Å². The zero-order chi connectivity index (χ0) is 14.0. The van der Waals surface area contributed by atoms with Crippen molar-refractivity contribution in [2.24, 2.45) is 0 Å². The third-order valence-corrected chi connectivity index (χ3v) is 3.99. The fourth-order valence-corrected chi connectivity index (χ4v) is 2.81. The van der Waals surface area contributed by atoms with Crippen LogP contribution < -0.4 is 4.72 Å². The van der Waals surface area contributed by atoms with Gasteiger partial charge in [0, 0.05) is 10.7 Å². The number of hydrogen-bond donors (Lipinski definition) is 3. The molecule has 0 aliphatic rings. The summed E-state index contributed by atoms with van der Waals surface area (Å²) in [6, 6.07) is 4.06. The van der Waals surface area contributed by atoms with Gasteiger partial charge in [-0.2, -0.15) is 5.10 Å². The number of sulfonamides is 1. The van der Waals surface area contributed by atoms with Gasteiger partial charge in [0.25, 0.3) is 10.0 Å². The number of carboxylic acids is 1. The molecule has 1 aromatic heterocycles. The predicted molar refractivity (Wildman–Crippen MR) is 70.5 cm³/mol. The van der Waals surface area contributed by atoms with Gasteiger partial charge in [0.05, 0.1) is 17.4 Å². The molecule has 2 rings (SSSR count). The zero-order valence-corrected chi connectivity index (χ0v) is 11.7. The molecule has 0 saturated heterocycles. The van der Waals surface area contributed by atoms with E-state index in [0.717, 1.165) is 6.20 Å². The van der Waals surface area contributed by atoms with E-state index in [1.807, 2.05) is 0 Å². The van der Waals surface area contributed by atoms with Crippen LogP contribution in [0.1, 0.15) is 10.4 Å². The van der Waals surface area contributed by atoms with E-state index in [1.165, 1.54) is 24.4 Å². The second-order valence-electron chi connectivity index (χ2n) is 3.57. The highest BCUT2D eigenvalue weighted by molar-refractivity contribution is 9.10. The van der Waals surface area contributed by atoms with Gasteiger partial charge in [0.15, 0.2) is 0 Å². The molecule has 0 atom stereocenters. The van der Waals surface area contributed by atoms with Crippen molar-refractivity contribution in [3.05, 3.63) is 40.6 Å². The molecule has 0 amide bonds. The van der Waals surface area contributed by atoms with Crippen LogP contribution >= 0.6 is 15.9 Å². The third kappa shape index (κ3) is 3.12. The van der Waals surface area contributed by atoms with Crippen molar-refractivity contribution in [2.75, 3.05) is 4.72 Å². The highest BCUT2D eigenvalue weighted by atomic mass is 79.9. The molecule has 0 radical (unpaired) electrons. The van der Waals surface area contributed by atoms with Crippen molar-refractivity contribution in [1.29, 1.82) is 0 Å². The minimum Gasteiger partial charge on any atom is -0.478 e. The number of aromatic nitrogens is 2. The number of aromatic amines is 1. The molecule has 0 fully saturated rings. The van der Waals surface area contributed by atoms with Crippen LogP contribution in [0.25, 0.3) is 0 Å². The number of nitrogens with one attached hydrogen (secondary N) is 2. The molecule has 0 bridgehead atoms. The van der Waals surface area contributed by atoms with E-state index < -0.39 is 16.0 Å². The van der Waals surface area contributed by atoms with E-state index in [1.54, 1.807) is 0 Å². The maximum Gasteiger partial charge on any atom is 0.335 e. The van der Waals surface area contributed by atoms with Gasteiger partial charge < -0.3 is 5.11 Å². The highest BCUT2D eigenvalue weighted by Crippen LogP contribution is 2.22. The molecule has 9 heteroatoms. The van der Waals surface area contributed by atoms with Crippen LogP contribution in [0.5, 0.6) is 0 Å². The molecule has 19 heavy (non-hydrogen) atoms. The minimum absolute atomic E-state index is 0.0285. The number of rotatable bonds is 4. The fraction of sp³-hybridized carbons (Fsp3) is 0. The normalized spacial score (nSPS) is 11.2. The summed E-state index contributed by atoms with van der Waals surface area (Å²) in [6.45, 7) is 0. The average molecular weight is 346 g/mol.